The number of aromatic nitrogens is 4. The molecule has 8 heteroatoms. The molecular formula is C16H9F3N4O. The summed E-state index contributed by atoms with van der Waals surface area (Å²) in [5.41, 5.74) is 1.05. The molecule has 24 heavy (non-hydrogen) atoms. The van der Waals surface area contributed by atoms with Gasteiger partial charge in [-0.1, -0.05) is 18.2 Å². The van der Waals surface area contributed by atoms with E-state index in [0.717, 1.165) is 11.1 Å². The van der Waals surface area contributed by atoms with Crippen LogP contribution < -0.4 is 0 Å². The summed E-state index contributed by atoms with van der Waals surface area (Å²) < 4.78 is 44.7. The van der Waals surface area contributed by atoms with Crippen molar-refractivity contribution < 1.29 is 17.6 Å². The van der Waals surface area contributed by atoms with Gasteiger partial charge >= 0.3 is 6.18 Å². The molecule has 0 spiro atoms. The lowest BCUT2D eigenvalue weighted by Crippen LogP contribution is -2.11. The molecule has 0 N–H and O–H groups in total. The number of alkyl halides is 3. The van der Waals surface area contributed by atoms with E-state index in [-0.39, 0.29) is 5.78 Å². The first-order chi connectivity index (χ1) is 11.5. The van der Waals surface area contributed by atoms with Crippen molar-refractivity contribution in [1.82, 2.24) is 19.6 Å². The summed E-state index contributed by atoms with van der Waals surface area (Å²) in [6, 6.07) is 11.0. The molecule has 3 aromatic heterocycles. The highest BCUT2D eigenvalue weighted by Crippen LogP contribution is 2.29. The van der Waals surface area contributed by atoms with E-state index in [1.54, 1.807) is 12.3 Å². The molecule has 4 aromatic rings. The van der Waals surface area contributed by atoms with Crippen LogP contribution in [0.2, 0.25) is 0 Å². The fourth-order valence-electron chi connectivity index (χ4n) is 2.38. The molecule has 0 fully saturated rings. The molecule has 1 aromatic carbocycles. The quantitative estimate of drug-likeness (QED) is 0.556. The molecule has 0 aliphatic heterocycles. The zero-order chi connectivity index (χ0) is 16.7. The second-order valence-corrected chi connectivity index (χ2v) is 5.05. The van der Waals surface area contributed by atoms with Crippen LogP contribution in [0.4, 0.5) is 13.2 Å². The van der Waals surface area contributed by atoms with Crippen molar-refractivity contribution in [3.8, 4) is 22.6 Å². The predicted molar refractivity (Wildman–Crippen MR) is 78.9 cm³/mol. The van der Waals surface area contributed by atoms with E-state index in [4.69, 9.17) is 4.42 Å². The molecule has 0 atom stereocenters. The van der Waals surface area contributed by atoms with E-state index in [1.165, 1.54) is 10.7 Å². The largest absolute Gasteiger partial charge is 0.464 e. The van der Waals surface area contributed by atoms with Gasteiger partial charge in [0, 0.05) is 11.1 Å². The fourth-order valence-corrected chi connectivity index (χ4v) is 2.38. The van der Waals surface area contributed by atoms with Crippen LogP contribution in [-0.2, 0) is 6.18 Å². The molecule has 0 bridgehead atoms. The third kappa shape index (κ3) is 2.41. The van der Waals surface area contributed by atoms with Crippen LogP contribution in [0.5, 0.6) is 0 Å². The zero-order valence-electron chi connectivity index (χ0n) is 12.0. The smallest absolute Gasteiger partial charge is 0.435 e. The van der Waals surface area contributed by atoms with Crippen molar-refractivity contribution in [2.45, 2.75) is 6.18 Å². The van der Waals surface area contributed by atoms with Gasteiger partial charge in [0.25, 0.3) is 5.78 Å². The van der Waals surface area contributed by atoms with Crippen LogP contribution in [0.25, 0.3) is 28.4 Å². The Kier molecular flexibility index (Phi) is 3.12. The first-order valence-electron chi connectivity index (χ1n) is 6.95. The highest BCUT2D eigenvalue weighted by molar-refractivity contribution is 5.69. The molecule has 0 radical (unpaired) electrons. The lowest BCUT2D eigenvalue weighted by Gasteiger charge is -2.06. The van der Waals surface area contributed by atoms with Gasteiger partial charge in [0.1, 0.15) is 5.76 Å². The van der Waals surface area contributed by atoms with Gasteiger partial charge in [-0.2, -0.15) is 22.8 Å². The van der Waals surface area contributed by atoms with Crippen LogP contribution >= 0.6 is 0 Å². The normalized spacial score (nSPS) is 12.0. The maximum Gasteiger partial charge on any atom is 0.435 e. The Hall–Kier alpha value is -3.16. The number of halogens is 3. The van der Waals surface area contributed by atoms with E-state index in [9.17, 15) is 13.2 Å². The Morgan fingerprint density at radius 3 is 2.58 bits per heavy atom. The number of imidazole rings is 1. The zero-order valence-corrected chi connectivity index (χ0v) is 12.0. The molecule has 0 aliphatic carbocycles. The minimum atomic E-state index is -4.56. The summed E-state index contributed by atoms with van der Waals surface area (Å²) in [4.78, 5) is 7.44. The molecule has 5 nitrogen and oxygen atoms in total. The molecule has 4 rings (SSSR count). The lowest BCUT2D eigenvalue weighted by atomic mass is 10.1. The number of hydrogen-bond donors (Lipinski definition) is 0. The van der Waals surface area contributed by atoms with E-state index >= 15 is 0 Å². The lowest BCUT2D eigenvalue weighted by molar-refractivity contribution is -0.141. The van der Waals surface area contributed by atoms with Crippen molar-refractivity contribution >= 4 is 5.78 Å². The SMILES string of the molecule is FC(F)(F)c1cnn2c(-c3cccc(-c4ccco4)c3)cnc2n1. The van der Waals surface area contributed by atoms with Crippen molar-refractivity contribution in [3.63, 3.8) is 0 Å². The summed E-state index contributed by atoms with van der Waals surface area (Å²) in [7, 11) is 0. The highest BCUT2D eigenvalue weighted by atomic mass is 19.4. The van der Waals surface area contributed by atoms with Crippen molar-refractivity contribution in [2.75, 3.05) is 0 Å². The summed E-state index contributed by atoms with van der Waals surface area (Å²) in [5.74, 6) is 0.583. The Labute approximate surface area is 133 Å². The van der Waals surface area contributed by atoms with Crippen molar-refractivity contribution in [2.24, 2.45) is 0 Å². The molecule has 0 saturated heterocycles. The van der Waals surface area contributed by atoms with Crippen LogP contribution in [-0.4, -0.2) is 19.6 Å². The molecule has 0 saturated carbocycles. The molecule has 0 aliphatic rings. The molecular weight excluding hydrogens is 321 g/mol. The van der Waals surface area contributed by atoms with Gasteiger partial charge in [-0.3, -0.25) is 0 Å². The maximum atomic E-state index is 12.7. The van der Waals surface area contributed by atoms with Crippen molar-refractivity contribution in [1.29, 1.82) is 0 Å². The van der Waals surface area contributed by atoms with Gasteiger partial charge in [-0.05, 0) is 18.2 Å². The topological polar surface area (TPSA) is 56.2 Å². The summed E-state index contributed by atoms with van der Waals surface area (Å²) in [5, 5.41) is 3.82. The minimum absolute atomic E-state index is 0.108. The Morgan fingerprint density at radius 2 is 1.83 bits per heavy atom. The van der Waals surface area contributed by atoms with Crippen LogP contribution in [0, 0.1) is 0 Å². The molecule has 120 valence electrons. The summed E-state index contributed by atoms with van der Waals surface area (Å²) in [6.07, 6.45) is -0.855. The van der Waals surface area contributed by atoms with E-state index in [0.29, 0.717) is 17.7 Å². The van der Waals surface area contributed by atoms with Crippen molar-refractivity contribution in [3.05, 3.63) is 60.7 Å². The Balaban J connectivity index is 1.81. The monoisotopic (exact) mass is 330 g/mol. The van der Waals surface area contributed by atoms with Crippen LogP contribution in [0.3, 0.4) is 0 Å². The van der Waals surface area contributed by atoms with E-state index in [1.807, 2.05) is 30.3 Å². The Bertz CT molecular complexity index is 1010. The Morgan fingerprint density at radius 1 is 1.00 bits per heavy atom. The number of hydrogen-bond acceptors (Lipinski definition) is 4. The fraction of sp³-hybridized carbons (Fsp3) is 0.0625. The number of nitrogens with zero attached hydrogens (tertiary/aromatic N) is 4. The third-order valence-electron chi connectivity index (χ3n) is 3.49. The number of benzene rings is 1. The van der Waals surface area contributed by atoms with Gasteiger partial charge in [-0.15, -0.1) is 0 Å². The van der Waals surface area contributed by atoms with Crippen LogP contribution in [0.15, 0.2) is 59.5 Å². The second kappa shape index (κ2) is 5.19. The third-order valence-corrected chi connectivity index (χ3v) is 3.49. The number of furan rings is 1. The van der Waals surface area contributed by atoms with Gasteiger partial charge in [0.15, 0.2) is 5.69 Å². The second-order valence-electron chi connectivity index (χ2n) is 5.05. The summed E-state index contributed by atoms with van der Waals surface area (Å²) >= 11 is 0. The van der Waals surface area contributed by atoms with Gasteiger partial charge in [0.2, 0.25) is 0 Å². The highest BCUT2D eigenvalue weighted by Gasteiger charge is 2.33. The predicted octanol–water partition coefficient (Wildman–Crippen LogP) is 4.07. The number of rotatable bonds is 2. The molecule has 3 heterocycles. The first kappa shape index (κ1) is 14.4. The standard InChI is InChI=1S/C16H9F3N4O/c17-16(18,19)14-9-21-23-12(8-20-15(23)22-14)10-3-1-4-11(7-10)13-5-2-6-24-13/h1-9H. The van der Waals surface area contributed by atoms with Gasteiger partial charge in [0.05, 0.1) is 24.4 Å². The van der Waals surface area contributed by atoms with Crippen LogP contribution in [0.1, 0.15) is 5.69 Å². The minimum Gasteiger partial charge on any atom is -0.464 e. The van der Waals surface area contributed by atoms with Gasteiger partial charge in [-0.25, -0.2) is 9.97 Å². The molecule has 0 unspecified atom stereocenters. The number of fused-ring (bicyclic) bond motifs is 1. The molecule has 0 amide bonds. The average Bonchev–Trinajstić information content (AvgIpc) is 3.23. The maximum absolute atomic E-state index is 12.7. The first-order valence-corrected chi connectivity index (χ1v) is 6.95. The average molecular weight is 330 g/mol. The van der Waals surface area contributed by atoms with E-state index < -0.39 is 11.9 Å². The van der Waals surface area contributed by atoms with E-state index in [2.05, 4.69) is 15.1 Å². The summed E-state index contributed by atoms with van der Waals surface area (Å²) in [6.45, 7) is 0. The van der Waals surface area contributed by atoms with Gasteiger partial charge < -0.3 is 4.42 Å².